The van der Waals surface area contributed by atoms with E-state index in [4.69, 9.17) is 11.6 Å². The maximum absolute atomic E-state index is 13.6. The number of rotatable bonds is 12. The third-order valence-electron chi connectivity index (χ3n) is 6.21. The Hall–Kier alpha value is -3.25. The molecule has 6 nitrogen and oxygen atoms in total. The van der Waals surface area contributed by atoms with Crippen LogP contribution < -0.4 is 5.32 Å². The molecule has 37 heavy (non-hydrogen) atoms. The number of nitrogens with zero attached hydrogens (tertiary/aromatic N) is 3. The minimum absolute atomic E-state index is 0.0373. The SMILES string of the molecule is CCCCN(CC(=O)N(Cc1cccn1Cc1ccccc1Cl)CC(C)C)C(=O)Nc1ccc(C)cc1. The highest BCUT2D eigenvalue weighted by atomic mass is 35.5. The maximum Gasteiger partial charge on any atom is 0.322 e. The summed E-state index contributed by atoms with van der Waals surface area (Å²) in [6.45, 7) is 10.6. The van der Waals surface area contributed by atoms with Crippen molar-refractivity contribution in [3.05, 3.63) is 88.7 Å². The predicted octanol–water partition coefficient (Wildman–Crippen LogP) is 6.82. The number of nitrogens with one attached hydrogen (secondary N) is 1. The van der Waals surface area contributed by atoms with E-state index in [2.05, 4.69) is 30.7 Å². The van der Waals surface area contributed by atoms with Gasteiger partial charge in [0.15, 0.2) is 0 Å². The molecule has 3 aromatic rings. The Bertz CT molecular complexity index is 1160. The molecule has 1 N–H and O–H groups in total. The third-order valence-corrected chi connectivity index (χ3v) is 6.58. The molecule has 3 amide bonds. The second kappa shape index (κ2) is 13.9. The fourth-order valence-electron chi connectivity index (χ4n) is 4.15. The smallest absolute Gasteiger partial charge is 0.322 e. The Balaban J connectivity index is 1.74. The number of benzene rings is 2. The van der Waals surface area contributed by atoms with E-state index in [0.29, 0.717) is 32.1 Å². The van der Waals surface area contributed by atoms with Gasteiger partial charge in [0.25, 0.3) is 0 Å². The lowest BCUT2D eigenvalue weighted by Gasteiger charge is -2.29. The molecule has 3 rings (SSSR count). The topological polar surface area (TPSA) is 57.6 Å². The normalized spacial score (nSPS) is 11.0. The van der Waals surface area contributed by atoms with E-state index < -0.39 is 0 Å². The standard InChI is InChI=1S/C30H39ClN4O2/c1-5-6-17-34(30(37)32-26-15-13-24(4)14-16-26)22-29(36)35(19-23(2)3)21-27-11-9-18-33(27)20-25-10-7-8-12-28(25)31/h7-16,18,23H,5-6,17,19-22H2,1-4H3,(H,32,37). The van der Waals surface area contributed by atoms with Gasteiger partial charge >= 0.3 is 6.03 Å². The zero-order chi connectivity index (χ0) is 26.8. The number of aryl methyl sites for hydroxylation is 1. The molecule has 0 aliphatic carbocycles. The third kappa shape index (κ3) is 8.67. The van der Waals surface area contributed by atoms with Crippen molar-refractivity contribution >= 4 is 29.2 Å². The van der Waals surface area contributed by atoms with Gasteiger partial charge in [-0.3, -0.25) is 4.79 Å². The first-order chi connectivity index (χ1) is 17.8. The minimum Gasteiger partial charge on any atom is -0.345 e. The molecule has 1 heterocycles. The number of hydrogen-bond donors (Lipinski definition) is 1. The van der Waals surface area contributed by atoms with Crippen molar-refractivity contribution < 1.29 is 9.59 Å². The molecule has 2 aromatic carbocycles. The number of halogens is 1. The van der Waals surface area contributed by atoms with E-state index in [0.717, 1.165) is 40.4 Å². The molecule has 7 heteroatoms. The van der Waals surface area contributed by atoms with Crippen molar-refractivity contribution in [2.45, 2.75) is 53.6 Å². The van der Waals surface area contributed by atoms with Crippen molar-refractivity contribution in [1.82, 2.24) is 14.4 Å². The van der Waals surface area contributed by atoms with Crippen LogP contribution in [0.25, 0.3) is 0 Å². The molecule has 0 spiro atoms. The number of amides is 3. The highest BCUT2D eigenvalue weighted by Gasteiger charge is 2.23. The van der Waals surface area contributed by atoms with E-state index in [1.54, 1.807) is 4.90 Å². The summed E-state index contributed by atoms with van der Waals surface area (Å²) in [5.41, 5.74) is 3.90. The van der Waals surface area contributed by atoms with Crippen LogP contribution in [0.1, 0.15) is 50.4 Å². The van der Waals surface area contributed by atoms with Gasteiger partial charge in [0.05, 0.1) is 6.54 Å². The fourth-order valence-corrected chi connectivity index (χ4v) is 4.35. The summed E-state index contributed by atoms with van der Waals surface area (Å²) in [4.78, 5) is 30.2. The van der Waals surface area contributed by atoms with Crippen LogP contribution in [0, 0.1) is 12.8 Å². The second-order valence-corrected chi connectivity index (χ2v) is 10.4. The molecule has 0 aliphatic heterocycles. The summed E-state index contributed by atoms with van der Waals surface area (Å²) in [5, 5.41) is 3.68. The van der Waals surface area contributed by atoms with Crippen LogP contribution >= 0.6 is 11.6 Å². The maximum atomic E-state index is 13.6. The first kappa shape index (κ1) is 28.3. The quantitative estimate of drug-likeness (QED) is 0.284. The number of anilines is 1. The lowest BCUT2D eigenvalue weighted by Crippen LogP contribution is -2.45. The highest BCUT2D eigenvalue weighted by molar-refractivity contribution is 6.31. The molecule has 0 bridgehead atoms. The Morgan fingerprint density at radius 3 is 2.41 bits per heavy atom. The molecule has 1 aromatic heterocycles. The number of aromatic nitrogens is 1. The Labute approximate surface area is 226 Å². The molecular formula is C30H39ClN4O2. The second-order valence-electron chi connectivity index (χ2n) is 9.96. The highest BCUT2D eigenvalue weighted by Crippen LogP contribution is 2.19. The molecular weight excluding hydrogens is 484 g/mol. The van der Waals surface area contributed by atoms with Crippen LogP contribution in [0.5, 0.6) is 0 Å². The average Bonchev–Trinajstić information content (AvgIpc) is 3.30. The molecule has 0 radical (unpaired) electrons. The molecule has 198 valence electrons. The minimum atomic E-state index is -0.253. The summed E-state index contributed by atoms with van der Waals surface area (Å²) in [7, 11) is 0. The summed E-state index contributed by atoms with van der Waals surface area (Å²) in [6.07, 6.45) is 3.78. The van der Waals surface area contributed by atoms with Crippen molar-refractivity contribution in [2.75, 3.05) is 25.0 Å². The van der Waals surface area contributed by atoms with E-state index in [-0.39, 0.29) is 18.5 Å². The molecule has 0 saturated carbocycles. The zero-order valence-electron chi connectivity index (χ0n) is 22.4. The van der Waals surface area contributed by atoms with Crippen LogP contribution in [0.3, 0.4) is 0 Å². The van der Waals surface area contributed by atoms with Crippen LogP contribution in [0.2, 0.25) is 5.02 Å². The van der Waals surface area contributed by atoms with Crippen LogP contribution in [0.4, 0.5) is 10.5 Å². The molecule has 0 saturated heterocycles. The van der Waals surface area contributed by atoms with Gasteiger partial charge in [-0.15, -0.1) is 0 Å². The number of urea groups is 1. The lowest BCUT2D eigenvalue weighted by molar-refractivity contribution is -0.133. The number of unbranched alkanes of at least 4 members (excludes halogenated alkanes) is 1. The van der Waals surface area contributed by atoms with Crippen molar-refractivity contribution in [3.63, 3.8) is 0 Å². The first-order valence-electron chi connectivity index (χ1n) is 13.0. The Kier molecular flexibility index (Phi) is 10.6. The van der Waals surface area contributed by atoms with Crippen LogP contribution in [-0.4, -0.2) is 45.9 Å². The van der Waals surface area contributed by atoms with Gasteiger partial charge in [-0.1, -0.05) is 74.7 Å². The van der Waals surface area contributed by atoms with E-state index in [9.17, 15) is 9.59 Å². The van der Waals surface area contributed by atoms with Gasteiger partial charge in [-0.2, -0.15) is 0 Å². The van der Waals surface area contributed by atoms with E-state index in [1.807, 2.05) is 78.7 Å². The van der Waals surface area contributed by atoms with Crippen molar-refractivity contribution in [3.8, 4) is 0 Å². The van der Waals surface area contributed by atoms with Crippen LogP contribution in [-0.2, 0) is 17.9 Å². The monoisotopic (exact) mass is 522 g/mol. The van der Waals surface area contributed by atoms with Crippen molar-refractivity contribution in [2.24, 2.45) is 5.92 Å². The number of carbonyl (C=O) groups excluding carboxylic acids is 2. The molecule has 0 aliphatic rings. The predicted molar refractivity (Wildman–Crippen MR) is 152 cm³/mol. The fraction of sp³-hybridized carbons (Fsp3) is 0.400. The first-order valence-corrected chi connectivity index (χ1v) is 13.4. The van der Waals surface area contributed by atoms with Gasteiger partial charge in [0, 0.05) is 42.2 Å². The van der Waals surface area contributed by atoms with Gasteiger partial charge in [0.2, 0.25) is 5.91 Å². The van der Waals surface area contributed by atoms with Gasteiger partial charge < -0.3 is 19.7 Å². The number of carbonyl (C=O) groups is 2. The van der Waals surface area contributed by atoms with Gasteiger partial charge in [-0.05, 0) is 55.2 Å². The van der Waals surface area contributed by atoms with Gasteiger partial charge in [0.1, 0.15) is 6.54 Å². The number of hydrogen-bond acceptors (Lipinski definition) is 2. The van der Waals surface area contributed by atoms with Crippen LogP contribution in [0.15, 0.2) is 66.9 Å². The summed E-state index contributed by atoms with van der Waals surface area (Å²) < 4.78 is 2.13. The Morgan fingerprint density at radius 1 is 1.00 bits per heavy atom. The molecule has 0 atom stereocenters. The summed E-state index contributed by atoms with van der Waals surface area (Å²) in [6, 6.07) is 19.3. The molecule has 0 unspecified atom stereocenters. The zero-order valence-corrected chi connectivity index (χ0v) is 23.2. The van der Waals surface area contributed by atoms with E-state index in [1.165, 1.54) is 0 Å². The molecule has 0 fully saturated rings. The van der Waals surface area contributed by atoms with E-state index >= 15 is 0 Å². The largest absolute Gasteiger partial charge is 0.345 e. The average molecular weight is 523 g/mol. The van der Waals surface area contributed by atoms with Gasteiger partial charge in [-0.25, -0.2) is 4.79 Å². The summed E-state index contributed by atoms with van der Waals surface area (Å²) >= 11 is 6.39. The van der Waals surface area contributed by atoms with Crippen molar-refractivity contribution in [1.29, 1.82) is 0 Å². The lowest BCUT2D eigenvalue weighted by atomic mass is 10.2. The summed E-state index contributed by atoms with van der Waals surface area (Å²) in [5.74, 6) is 0.232. The Morgan fingerprint density at radius 2 is 1.73 bits per heavy atom.